The smallest absolute Gasteiger partial charge is 0.409 e. The molecule has 1 aliphatic heterocycles. The van der Waals surface area contributed by atoms with Gasteiger partial charge in [0.25, 0.3) is 0 Å². The Kier molecular flexibility index (Phi) is 6.83. The number of hydrogen-bond donors (Lipinski definition) is 2. The number of carbonyl (C=O) groups is 1. The molecule has 1 saturated heterocycles. The Bertz CT molecular complexity index is 783. The van der Waals surface area contributed by atoms with Crippen LogP contribution in [0.2, 0.25) is 0 Å². The first-order valence-corrected chi connectivity index (χ1v) is 9.53. The molecule has 28 heavy (non-hydrogen) atoms. The lowest BCUT2D eigenvalue weighted by molar-refractivity contribution is 0.0963. The third-order valence-corrected chi connectivity index (χ3v) is 4.59. The van der Waals surface area contributed by atoms with Gasteiger partial charge in [-0.1, -0.05) is 0 Å². The van der Waals surface area contributed by atoms with Crippen molar-refractivity contribution in [1.29, 1.82) is 0 Å². The van der Waals surface area contributed by atoms with Gasteiger partial charge in [-0.3, -0.25) is 4.99 Å². The normalized spacial score (nSPS) is 15.4. The topological polar surface area (TPSA) is 96.7 Å². The van der Waals surface area contributed by atoms with Crippen molar-refractivity contribution >= 4 is 12.1 Å². The molecule has 9 heteroatoms. The average Bonchev–Trinajstić information content (AvgIpc) is 3.27. The number of nitrogens with zero attached hydrogens (tertiary/aromatic N) is 5. The second-order valence-electron chi connectivity index (χ2n) is 6.50. The van der Waals surface area contributed by atoms with Crippen LogP contribution in [0.25, 0.3) is 5.82 Å². The van der Waals surface area contributed by atoms with Gasteiger partial charge in [-0.25, -0.2) is 14.5 Å². The number of nitrogens with one attached hydrogen (secondary N) is 2. The molecule has 2 N–H and O–H groups in total. The monoisotopic (exact) mass is 385 g/mol. The lowest BCUT2D eigenvalue weighted by atomic mass is 10.1. The van der Waals surface area contributed by atoms with E-state index in [1.807, 2.05) is 31.3 Å². The molecule has 0 saturated carbocycles. The molecule has 0 unspecified atom stereocenters. The molecule has 0 spiro atoms. The van der Waals surface area contributed by atoms with E-state index >= 15 is 0 Å². The molecule has 9 nitrogen and oxygen atoms in total. The maximum absolute atomic E-state index is 11.8. The predicted molar refractivity (Wildman–Crippen MR) is 106 cm³/mol. The largest absolute Gasteiger partial charge is 0.450 e. The molecule has 0 aliphatic carbocycles. The number of amides is 1. The molecule has 1 amide bonds. The number of ether oxygens (including phenoxy) is 1. The van der Waals surface area contributed by atoms with Crippen molar-refractivity contribution in [3.05, 3.63) is 42.4 Å². The van der Waals surface area contributed by atoms with E-state index in [-0.39, 0.29) is 12.1 Å². The van der Waals surface area contributed by atoms with Gasteiger partial charge in [0, 0.05) is 51.3 Å². The summed E-state index contributed by atoms with van der Waals surface area (Å²) in [4.78, 5) is 22.2. The van der Waals surface area contributed by atoms with Crippen LogP contribution in [0.1, 0.15) is 25.3 Å². The molecule has 3 heterocycles. The maximum Gasteiger partial charge on any atom is 0.409 e. The lowest BCUT2D eigenvalue weighted by Gasteiger charge is -2.32. The van der Waals surface area contributed by atoms with Gasteiger partial charge in [-0.15, -0.1) is 0 Å². The molecular formula is C19H27N7O2. The van der Waals surface area contributed by atoms with Crippen LogP contribution >= 0.6 is 0 Å². The van der Waals surface area contributed by atoms with Crippen LogP contribution in [-0.2, 0) is 11.3 Å². The van der Waals surface area contributed by atoms with Crippen molar-refractivity contribution < 1.29 is 9.53 Å². The minimum Gasteiger partial charge on any atom is -0.450 e. The van der Waals surface area contributed by atoms with Crippen LogP contribution < -0.4 is 10.6 Å². The first-order valence-electron chi connectivity index (χ1n) is 9.53. The maximum atomic E-state index is 11.8. The fourth-order valence-electron chi connectivity index (χ4n) is 3.10. The van der Waals surface area contributed by atoms with Gasteiger partial charge in [-0.2, -0.15) is 5.10 Å². The van der Waals surface area contributed by atoms with E-state index in [1.54, 1.807) is 29.0 Å². The highest BCUT2D eigenvalue weighted by atomic mass is 16.6. The fourth-order valence-corrected chi connectivity index (χ4v) is 3.10. The van der Waals surface area contributed by atoms with E-state index in [9.17, 15) is 4.79 Å². The molecule has 2 aromatic rings. The first-order chi connectivity index (χ1) is 13.7. The van der Waals surface area contributed by atoms with Crippen LogP contribution in [0.4, 0.5) is 4.79 Å². The van der Waals surface area contributed by atoms with Crippen LogP contribution in [0, 0.1) is 0 Å². The highest BCUT2D eigenvalue weighted by molar-refractivity contribution is 5.80. The lowest BCUT2D eigenvalue weighted by Crippen LogP contribution is -2.49. The molecule has 1 fully saturated rings. The third-order valence-electron chi connectivity index (χ3n) is 4.59. The van der Waals surface area contributed by atoms with Crippen molar-refractivity contribution in [2.24, 2.45) is 4.99 Å². The minimum absolute atomic E-state index is 0.228. The molecule has 0 bridgehead atoms. The Morgan fingerprint density at radius 1 is 1.36 bits per heavy atom. The van der Waals surface area contributed by atoms with Gasteiger partial charge in [-0.05, 0) is 43.5 Å². The second kappa shape index (κ2) is 9.72. The Morgan fingerprint density at radius 3 is 2.86 bits per heavy atom. The van der Waals surface area contributed by atoms with Gasteiger partial charge in [0.15, 0.2) is 11.8 Å². The number of pyridine rings is 1. The Labute approximate surface area is 164 Å². The molecule has 3 rings (SSSR count). The van der Waals surface area contributed by atoms with E-state index in [1.165, 1.54) is 0 Å². The SMILES string of the molecule is CCOC(=O)N1CCC(NC(=NC)NCc2ccnc(-n3cccn3)c2)CC1. The predicted octanol–water partition coefficient (Wildman–Crippen LogP) is 1.55. The molecular weight excluding hydrogens is 358 g/mol. The van der Waals surface area contributed by atoms with Crippen LogP contribution in [0.5, 0.6) is 0 Å². The number of carbonyl (C=O) groups excluding carboxylic acids is 1. The Balaban J connectivity index is 1.48. The van der Waals surface area contributed by atoms with E-state index in [4.69, 9.17) is 4.74 Å². The summed E-state index contributed by atoms with van der Waals surface area (Å²) in [7, 11) is 1.75. The second-order valence-corrected chi connectivity index (χ2v) is 6.50. The van der Waals surface area contributed by atoms with E-state index in [0.717, 1.165) is 30.2 Å². The third kappa shape index (κ3) is 5.21. The minimum atomic E-state index is -0.228. The summed E-state index contributed by atoms with van der Waals surface area (Å²) in [6.07, 6.45) is 6.86. The fraction of sp³-hybridized carbons (Fsp3) is 0.474. The zero-order valence-corrected chi connectivity index (χ0v) is 16.3. The summed E-state index contributed by atoms with van der Waals surface area (Å²) in [5.41, 5.74) is 1.08. The molecule has 2 aromatic heterocycles. The van der Waals surface area contributed by atoms with E-state index in [0.29, 0.717) is 26.2 Å². The van der Waals surface area contributed by atoms with Crippen LogP contribution in [0.3, 0.4) is 0 Å². The number of rotatable bonds is 5. The number of hydrogen-bond acceptors (Lipinski definition) is 5. The average molecular weight is 385 g/mol. The van der Waals surface area contributed by atoms with Gasteiger partial charge in [0.05, 0.1) is 6.61 Å². The molecule has 150 valence electrons. The summed E-state index contributed by atoms with van der Waals surface area (Å²) in [5, 5.41) is 11.0. The summed E-state index contributed by atoms with van der Waals surface area (Å²) in [5.74, 6) is 1.52. The zero-order valence-electron chi connectivity index (χ0n) is 16.3. The molecule has 0 atom stereocenters. The standard InChI is InChI=1S/C19H27N7O2/c1-3-28-19(27)25-11-6-16(7-12-25)24-18(20-2)22-14-15-5-9-21-17(13-15)26-10-4-8-23-26/h4-5,8-10,13,16H,3,6-7,11-12,14H2,1-2H3,(H2,20,22,24). The van der Waals surface area contributed by atoms with Crippen molar-refractivity contribution in [1.82, 2.24) is 30.3 Å². The van der Waals surface area contributed by atoms with Crippen LogP contribution in [-0.4, -0.2) is 64.5 Å². The highest BCUT2D eigenvalue weighted by Crippen LogP contribution is 2.11. The molecule has 0 aromatic carbocycles. The van der Waals surface area contributed by atoms with Crippen molar-refractivity contribution in [3.63, 3.8) is 0 Å². The van der Waals surface area contributed by atoms with E-state index < -0.39 is 0 Å². The number of guanidine groups is 1. The highest BCUT2D eigenvalue weighted by Gasteiger charge is 2.24. The Morgan fingerprint density at radius 2 is 2.18 bits per heavy atom. The number of likely N-dealkylation sites (tertiary alicyclic amines) is 1. The Hall–Kier alpha value is -3.10. The van der Waals surface area contributed by atoms with Crippen molar-refractivity contribution in [2.45, 2.75) is 32.4 Å². The summed E-state index contributed by atoms with van der Waals surface area (Å²) in [6.45, 7) is 4.22. The van der Waals surface area contributed by atoms with Crippen molar-refractivity contribution in [2.75, 3.05) is 26.7 Å². The summed E-state index contributed by atoms with van der Waals surface area (Å²) < 4.78 is 6.79. The van der Waals surface area contributed by atoms with Gasteiger partial charge in [0.2, 0.25) is 0 Å². The molecule has 1 aliphatic rings. The summed E-state index contributed by atoms with van der Waals surface area (Å²) in [6, 6.07) is 6.09. The van der Waals surface area contributed by atoms with Gasteiger partial charge in [0.1, 0.15) is 0 Å². The van der Waals surface area contributed by atoms with E-state index in [2.05, 4.69) is 25.7 Å². The number of aliphatic imine (C=N–C) groups is 1. The quantitative estimate of drug-likeness (QED) is 0.599. The van der Waals surface area contributed by atoms with Crippen LogP contribution in [0.15, 0.2) is 41.8 Å². The van der Waals surface area contributed by atoms with Gasteiger partial charge >= 0.3 is 6.09 Å². The zero-order chi connectivity index (χ0) is 19.8. The molecule has 0 radical (unpaired) electrons. The number of piperidine rings is 1. The number of aromatic nitrogens is 3. The first kappa shape index (κ1) is 19.7. The van der Waals surface area contributed by atoms with Crippen molar-refractivity contribution in [3.8, 4) is 5.82 Å². The van der Waals surface area contributed by atoms with Gasteiger partial charge < -0.3 is 20.3 Å². The summed E-state index contributed by atoms with van der Waals surface area (Å²) >= 11 is 0.